The number of nitrogens with zero attached hydrogens (tertiary/aromatic N) is 1. The molecule has 1 aromatic rings. The Morgan fingerprint density at radius 3 is 2.56 bits per heavy atom. The fraction of sp³-hybridized carbons (Fsp3) is 0.429. The molecule has 96 valence electrons. The van der Waals surface area contributed by atoms with Gasteiger partial charge in [-0.2, -0.15) is 0 Å². The minimum Gasteiger partial charge on any atom is -0.358 e. The standard InChI is InChI=1S/C14H18N2OS/c17-13(14(18)16-10-4-5-11-16)15-9-8-12-6-2-1-3-7-12/h1-3,6-7H,4-5,8-11H2,(H,15,17). The van der Waals surface area contributed by atoms with Crippen LogP contribution in [0.3, 0.4) is 0 Å². The van der Waals surface area contributed by atoms with Crippen LogP contribution in [0.2, 0.25) is 0 Å². The highest BCUT2D eigenvalue weighted by atomic mass is 32.1. The van der Waals surface area contributed by atoms with Crippen molar-refractivity contribution >= 4 is 23.1 Å². The second-order valence-corrected chi connectivity index (χ2v) is 4.88. The number of hydrogen-bond donors (Lipinski definition) is 1. The Balaban J connectivity index is 1.73. The van der Waals surface area contributed by atoms with Crippen LogP contribution in [0.1, 0.15) is 18.4 Å². The number of amides is 1. The average Bonchev–Trinajstić information content (AvgIpc) is 2.93. The van der Waals surface area contributed by atoms with Gasteiger partial charge in [0.2, 0.25) is 0 Å². The molecule has 2 rings (SSSR count). The molecule has 0 radical (unpaired) electrons. The van der Waals surface area contributed by atoms with Crippen LogP contribution >= 0.6 is 12.2 Å². The van der Waals surface area contributed by atoms with E-state index in [-0.39, 0.29) is 5.91 Å². The van der Waals surface area contributed by atoms with Gasteiger partial charge in [0, 0.05) is 19.6 Å². The summed E-state index contributed by atoms with van der Waals surface area (Å²) in [6.07, 6.45) is 3.12. The number of carbonyl (C=O) groups is 1. The number of rotatable bonds is 3. The summed E-state index contributed by atoms with van der Waals surface area (Å²) in [5.74, 6) is -0.108. The first-order valence-electron chi connectivity index (χ1n) is 6.38. The molecular weight excluding hydrogens is 244 g/mol. The molecule has 1 saturated heterocycles. The summed E-state index contributed by atoms with van der Waals surface area (Å²) in [7, 11) is 0. The maximum absolute atomic E-state index is 11.8. The lowest BCUT2D eigenvalue weighted by atomic mass is 10.1. The molecule has 1 amide bonds. The van der Waals surface area contributed by atoms with Crippen LogP contribution < -0.4 is 5.32 Å². The SMILES string of the molecule is O=C(NCCc1ccccc1)C(=S)N1CCCC1. The number of likely N-dealkylation sites (tertiary alicyclic amines) is 1. The third kappa shape index (κ3) is 3.53. The van der Waals surface area contributed by atoms with Crippen LogP contribution in [0.4, 0.5) is 0 Å². The van der Waals surface area contributed by atoms with Crippen molar-refractivity contribution in [3.05, 3.63) is 35.9 Å². The molecule has 1 heterocycles. The predicted molar refractivity (Wildman–Crippen MR) is 76.6 cm³/mol. The van der Waals surface area contributed by atoms with E-state index in [1.165, 1.54) is 5.56 Å². The van der Waals surface area contributed by atoms with Gasteiger partial charge in [-0.05, 0) is 24.8 Å². The quantitative estimate of drug-likeness (QED) is 0.843. The van der Waals surface area contributed by atoms with E-state index in [9.17, 15) is 4.79 Å². The Hall–Kier alpha value is -1.42. The van der Waals surface area contributed by atoms with Crippen LogP contribution in [0, 0.1) is 0 Å². The van der Waals surface area contributed by atoms with Gasteiger partial charge < -0.3 is 10.2 Å². The zero-order chi connectivity index (χ0) is 12.8. The largest absolute Gasteiger partial charge is 0.358 e. The molecule has 0 atom stereocenters. The van der Waals surface area contributed by atoms with E-state index < -0.39 is 0 Å². The third-order valence-electron chi connectivity index (χ3n) is 3.13. The molecule has 1 aliphatic heterocycles. The van der Waals surface area contributed by atoms with E-state index in [0.29, 0.717) is 11.5 Å². The fourth-order valence-electron chi connectivity index (χ4n) is 2.10. The smallest absolute Gasteiger partial charge is 0.278 e. The van der Waals surface area contributed by atoms with Gasteiger partial charge in [-0.1, -0.05) is 42.5 Å². The normalized spacial score (nSPS) is 14.6. The van der Waals surface area contributed by atoms with Crippen LogP contribution in [0.25, 0.3) is 0 Å². The van der Waals surface area contributed by atoms with Crippen molar-refractivity contribution in [2.24, 2.45) is 0 Å². The van der Waals surface area contributed by atoms with Gasteiger partial charge in [0.1, 0.15) is 0 Å². The van der Waals surface area contributed by atoms with Crippen molar-refractivity contribution in [1.82, 2.24) is 10.2 Å². The first-order valence-corrected chi connectivity index (χ1v) is 6.79. The summed E-state index contributed by atoms with van der Waals surface area (Å²) in [5, 5.41) is 2.89. The molecule has 18 heavy (non-hydrogen) atoms. The Morgan fingerprint density at radius 2 is 1.89 bits per heavy atom. The second-order valence-electron chi connectivity index (χ2n) is 4.49. The van der Waals surface area contributed by atoms with E-state index in [0.717, 1.165) is 32.4 Å². The highest BCUT2D eigenvalue weighted by Gasteiger charge is 2.19. The third-order valence-corrected chi connectivity index (χ3v) is 3.57. The monoisotopic (exact) mass is 262 g/mol. The summed E-state index contributed by atoms with van der Waals surface area (Å²) in [4.78, 5) is 14.3. The molecule has 0 aliphatic carbocycles. The number of nitrogens with one attached hydrogen (secondary N) is 1. The van der Waals surface area contributed by atoms with Crippen molar-refractivity contribution < 1.29 is 4.79 Å². The Bertz CT molecular complexity index is 413. The van der Waals surface area contributed by atoms with Crippen LogP contribution in [-0.4, -0.2) is 35.4 Å². The molecule has 0 unspecified atom stereocenters. The summed E-state index contributed by atoms with van der Waals surface area (Å²) in [6.45, 7) is 2.48. The van der Waals surface area contributed by atoms with Crippen molar-refractivity contribution in [1.29, 1.82) is 0 Å². The van der Waals surface area contributed by atoms with Gasteiger partial charge in [-0.3, -0.25) is 4.79 Å². The van der Waals surface area contributed by atoms with E-state index in [1.54, 1.807) is 0 Å². The highest BCUT2D eigenvalue weighted by Crippen LogP contribution is 2.08. The average molecular weight is 262 g/mol. The number of thiocarbonyl (C=S) groups is 1. The molecule has 0 spiro atoms. The molecular formula is C14H18N2OS. The van der Waals surface area contributed by atoms with Gasteiger partial charge in [0.05, 0.1) is 0 Å². The molecule has 0 bridgehead atoms. The van der Waals surface area contributed by atoms with Gasteiger partial charge in [0.15, 0.2) is 4.99 Å². The van der Waals surface area contributed by atoms with E-state index in [1.807, 2.05) is 23.1 Å². The summed E-state index contributed by atoms with van der Waals surface area (Å²) in [5.41, 5.74) is 1.23. The summed E-state index contributed by atoms with van der Waals surface area (Å²) in [6, 6.07) is 10.1. The summed E-state index contributed by atoms with van der Waals surface area (Å²) < 4.78 is 0. The molecule has 4 heteroatoms. The van der Waals surface area contributed by atoms with Gasteiger partial charge >= 0.3 is 0 Å². The van der Waals surface area contributed by atoms with Crippen molar-refractivity contribution in [3.8, 4) is 0 Å². The first kappa shape index (κ1) is 13.0. The predicted octanol–water partition coefficient (Wildman–Crippen LogP) is 1.77. The number of benzene rings is 1. The first-order chi connectivity index (χ1) is 8.77. The molecule has 0 saturated carbocycles. The van der Waals surface area contributed by atoms with Crippen molar-refractivity contribution in [2.45, 2.75) is 19.3 Å². The zero-order valence-electron chi connectivity index (χ0n) is 10.4. The minimum atomic E-state index is -0.108. The molecule has 3 nitrogen and oxygen atoms in total. The van der Waals surface area contributed by atoms with E-state index in [4.69, 9.17) is 12.2 Å². The topological polar surface area (TPSA) is 32.3 Å². The minimum absolute atomic E-state index is 0.108. The lowest BCUT2D eigenvalue weighted by Crippen LogP contribution is -2.40. The van der Waals surface area contributed by atoms with E-state index >= 15 is 0 Å². The van der Waals surface area contributed by atoms with Crippen molar-refractivity contribution in [2.75, 3.05) is 19.6 Å². The zero-order valence-corrected chi connectivity index (χ0v) is 11.2. The Kier molecular flexibility index (Phi) is 4.70. The maximum Gasteiger partial charge on any atom is 0.278 e. The Labute approximate surface area is 113 Å². The van der Waals surface area contributed by atoms with Crippen molar-refractivity contribution in [3.63, 3.8) is 0 Å². The van der Waals surface area contributed by atoms with Gasteiger partial charge in [0.25, 0.3) is 5.91 Å². The highest BCUT2D eigenvalue weighted by molar-refractivity contribution is 7.82. The summed E-state index contributed by atoms with van der Waals surface area (Å²) >= 11 is 5.18. The lowest BCUT2D eigenvalue weighted by molar-refractivity contribution is -0.115. The molecule has 1 N–H and O–H groups in total. The maximum atomic E-state index is 11.8. The van der Waals surface area contributed by atoms with Gasteiger partial charge in [-0.15, -0.1) is 0 Å². The number of carbonyl (C=O) groups excluding carboxylic acids is 1. The molecule has 0 aromatic heterocycles. The van der Waals surface area contributed by atoms with Crippen LogP contribution in [-0.2, 0) is 11.2 Å². The lowest BCUT2D eigenvalue weighted by Gasteiger charge is -2.17. The molecule has 1 aliphatic rings. The molecule has 1 aromatic carbocycles. The Morgan fingerprint density at radius 1 is 1.22 bits per heavy atom. The number of hydrogen-bond acceptors (Lipinski definition) is 2. The fourth-order valence-corrected chi connectivity index (χ4v) is 2.36. The van der Waals surface area contributed by atoms with E-state index in [2.05, 4.69) is 17.4 Å². The molecule has 1 fully saturated rings. The second kappa shape index (κ2) is 6.50. The van der Waals surface area contributed by atoms with Crippen LogP contribution in [0.15, 0.2) is 30.3 Å². The van der Waals surface area contributed by atoms with Gasteiger partial charge in [-0.25, -0.2) is 0 Å². The van der Waals surface area contributed by atoms with Crippen LogP contribution in [0.5, 0.6) is 0 Å².